The van der Waals surface area contributed by atoms with E-state index in [1.54, 1.807) is 0 Å². The lowest BCUT2D eigenvalue weighted by atomic mass is 10.1. The van der Waals surface area contributed by atoms with Gasteiger partial charge in [0.2, 0.25) is 0 Å². The van der Waals surface area contributed by atoms with Crippen LogP contribution in [0.15, 0.2) is 68.5 Å². The molecule has 0 radical (unpaired) electrons. The zero-order valence-electron chi connectivity index (χ0n) is 16.5. The third-order valence-electron chi connectivity index (χ3n) is 3.85. The van der Waals surface area contributed by atoms with Crippen LogP contribution in [0, 0.1) is 0 Å². The molecule has 2 rings (SSSR count). The monoisotopic (exact) mass is 375 g/mol. The summed E-state index contributed by atoms with van der Waals surface area (Å²) in [6.45, 7) is 5.60. The van der Waals surface area contributed by atoms with E-state index in [1.165, 1.54) is 0 Å². The van der Waals surface area contributed by atoms with E-state index in [2.05, 4.69) is 44.2 Å². The number of hydrogen-bond donors (Lipinski definition) is 1. The smallest absolute Gasteiger partial charge is 0.0512 e. The highest BCUT2D eigenvalue weighted by atomic mass is 14.7. The molecule has 5 nitrogen and oxygen atoms in total. The second kappa shape index (κ2) is 13.3. The standard InChI is InChI=1S/C23H29N5/c1-2-25-16-20-4-6-21(7-5-20)17-26-13-3-14-27-18-22-8-10-23(11-9-22)19-28-15-12-24/h4-11,16-19H,2-3,12-15,24H2,1H3. The van der Waals surface area contributed by atoms with Crippen molar-refractivity contribution in [2.45, 2.75) is 13.3 Å². The van der Waals surface area contributed by atoms with Crippen LogP contribution in [-0.4, -0.2) is 57.6 Å². The molecule has 0 aliphatic heterocycles. The molecule has 2 aromatic rings. The SMILES string of the molecule is CCN=Cc1ccc(C=NCCCN=Cc2ccc(C=NCCN)cc2)cc1. The van der Waals surface area contributed by atoms with Gasteiger partial charge in [0.15, 0.2) is 0 Å². The number of nitrogens with zero attached hydrogens (tertiary/aromatic N) is 4. The van der Waals surface area contributed by atoms with E-state index in [-0.39, 0.29) is 0 Å². The predicted octanol–water partition coefficient (Wildman–Crippen LogP) is 3.43. The lowest BCUT2D eigenvalue weighted by Crippen LogP contribution is -2.02. The summed E-state index contributed by atoms with van der Waals surface area (Å²) in [4.78, 5) is 17.4. The van der Waals surface area contributed by atoms with Crippen molar-refractivity contribution in [2.24, 2.45) is 25.7 Å². The van der Waals surface area contributed by atoms with Gasteiger partial charge in [-0.2, -0.15) is 0 Å². The molecule has 2 aromatic carbocycles. The van der Waals surface area contributed by atoms with E-state index in [0.717, 1.165) is 48.3 Å². The van der Waals surface area contributed by atoms with Crippen molar-refractivity contribution in [3.8, 4) is 0 Å². The summed E-state index contributed by atoms with van der Waals surface area (Å²) >= 11 is 0. The predicted molar refractivity (Wildman–Crippen MR) is 122 cm³/mol. The highest BCUT2D eigenvalue weighted by Crippen LogP contribution is 2.02. The summed E-state index contributed by atoms with van der Waals surface area (Å²) in [6.07, 6.45) is 8.48. The zero-order chi connectivity index (χ0) is 19.9. The Kier molecular flexibility index (Phi) is 10.1. The molecule has 0 saturated carbocycles. The average Bonchev–Trinajstić information content (AvgIpc) is 2.73. The molecule has 0 spiro atoms. The van der Waals surface area contributed by atoms with E-state index in [9.17, 15) is 0 Å². The number of rotatable bonds is 11. The van der Waals surface area contributed by atoms with Crippen molar-refractivity contribution in [1.82, 2.24) is 0 Å². The Morgan fingerprint density at radius 2 is 0.964 bits per heavy atom. The van der Waals surface area contributed by atoms with Gasteiger partial charge in [-0.25, -0.2) is 0 Å². The number of nitrogens with two attached hydrogens (primary N) is 1. The molecule has 0 bridgehead atoms. The molecule has 0 amide bonds. The first-order valence-corrected chi connectivity index (χ1v) is 9.71. The van der Waals surface area contributed by atoms with Gasteiger partial charge in [-0.15, -0.1) is 0 Å². The first-order valence-electron chi connectivity index (χ1n) is 9.71. The Morgan fingerprint density at radius 1 is 0.607 bits per heavy atom. The first-order chi connectivity index (χ1) is 13.8. The van der Waals surface area contributed by atoms with Crippen molar-refractivity contribution in [3.63, 3.8) is 0 Å². The lowest BCUT2D eigenvalue weighted by molar-refractivity contribution is 0.851. The second-order valence-electron chi connectivity index (χ2n) is 6.21. The van der Waals surface area contributed by atoms with Gasteiger partial charge in [0.1, 0.15) is 0 Å². The van der Waals surface area contributed by atoms with Crippen LogP contribution in [0.3, 0.4) is 0 Å². The van der Waals surface area contributed by atoms with Crippen molar-refractivity contribution in [1.29, 1.82) is 0 Å². The molecule has 0 atom stereocenters. The minimum atomic E-state index is 0.575. The summed E-state index contributed by atoms with van der Waals surface area (Å²) in [5.41, 5.74) is 9.80. The van der Waals surface area contributed by atoms with Crippen molar-refractivity contribution >= 4 is 24.9 Å². The average molecular weight is 376 g/mol. The van der Waals surface area contributed by atoms with Crippen LogP contribution >= 0.6 is 0 Å². The largest absolute Gasteiger partial charge is 0.329 e. The van der Waals surface area contributed by atoms with Crippen LogP contribution in [0.5, 0.6) is 0 Å². The molecular formula is C23H29N5. The Bertz CT molecular complexity index is 787. The molecule has 2 N–H and O–H groups in total. The van der Waals surface area contributed by atoms with Crippen molar-refractivity contribution in [2.75, 3.05) is 32.7 Å². The molecule has 5 heteroatoms. The molecule has 0 aliphatic carbocycles. The molecule has 0 heterocycles. The Hall–Kier alpha value is -2.92. The maximum Gasteiger partial charge on any atom is 0.0512 e. The van der Waals surface area contributed by atoms with Crippen LogP contribution in [0.25, 0.3) is 0 Å². The molecule has 28 heavy (non-hydrogen) atoms. The second-order valence-corrected chi connectivity index (χ2v) is 6.21. The first kappa shape index (κ1) is 21.4. The van der Waals surface area contributed by atoms with Gasteiger partial charge in [0.25, 0.3) is 0 Å². The van der Waals surface area contributed by atoms with Crippen LogP contribution in [0.1, 0.15) is 35.6 Å². The quantitative estimate of drug-likeness (QED) is 0.474. The Morgan fingerprint density at radius 3 is 1.32 bits per heavy atom. The zero-order valence-corrected chi connectivity index (χ0v) is 16.5. The van der Waals surface area contributed by atoms with E-state index in [1.807, 2.05) is 56.0 Å². The molecule has 0 fully saturated rings. The molecular weight excluding hydrogens is 346 g/mol. The Balaban J connectivity index is 1.68. The van der Waals surface area contributed by atoms with Gasteiger partial charge < -0.3 is 5.73 Å². The van der Waals surface area contributed by atoms with Crippen LogP contribution < -0.4 is 5.73 Å². The van der Waals surface area contributed by atoms with E-state index >= 15 is 0 Å². The van der Waals surface area contributed by atoms with Crippen LogP contribution in [0.4, 0.5) is 0 Å². The van der Waals surface area contributed by atoms with Gasteiger partial charge in [0.05, 0.1) is 6.54 Å². The summed E-state index contributed by atoms with van der Waals surface area (Å²) in [7, 11) is 0. The van der Waals surface area contributed by atoms with E-state index in [0.29, 0.717) is 13.1 Å². The van der Waals surface area contributed by atoms with Crippen molar-refractivity contribution in [3.05, 3.63) is 70.8 Å². The normalized spacial score (nSPS) is 12.2. The fourth-order valence-corrected chi connectivity index (χ4v) is 2.37. The maximum atomic E-state index is 5.42. The van der Waals surface area contributed by atoms with Crippen LogP contribution in [-0.2, 0) is 0 Å². The van der Waals surface area contributed by atoms with E-state index < -0.39 is 0 Å². The highest BCUT2D eigenvalue weighted by molar-refractivity contribution is 5.84. The summed E-state index contributed by atoms with van der Waals surface area (Å²) in [5.74, 6) is 0. The van der Waals surface area contributed by atoms with Gasteiger partial charge >= 0.3 is 0 Å². The molecule has 0 aromatic heterocycles. The van der Waals surface area contributed by atoms with Gasteiger partial charge in [-0.05, 0) is 35.6 Å². The molecule has 146 valence electrons. The number of aliphatic imine (C=N–C) groups is 4. The van der Waals surface area contributed by atoms with Gasteiger partial charge in [0, 0.05) is 51.0 Å². The fourth-order valence-electron chi connectivity index (χ4n) is 2.37. The Labute approximate surface area is 167 Å². The van der Waals surface area contributed by atoms with Crippen molar-refractivity contribution < 1.29 is 0 Å². The minimum absolute atomic E-state index is 0.575. The number of hydrogen-bond acceptors (Lipinski definition) is 5. The molecule has 0 aliphatic rings. The summed E-state index contributed by atoms with van der Waals surface area (Å²) < 4.78 is 0. The van der Waals surface area contributed by atoms with Gasteiger partial charge in [-0.1, -0.05) is 48.5 Å². The summed E-state index contributed by atoms with van der Waals surface area (Å²) in [5, 5.41) is 0. The van der Waals surface area contributed by atoms with Gasteiger partial charge in [-0.3, -0.25) is 20.0 Å². The highest BCUT2D eigenvalue weighted by Gasteiger charge is 1.91. The number of benzene rings is 2. The molecule has 0 saturated heterocycles. The van der Waals surface area contributed by atoms with Crippen LogP contribution in [0.2, 0.25) is 0 Å². The third-order valence-corrected chi connectivity index (χ3v) is 3.85. The fraction of sp³-hybridized carbons (Fsp3) is 0.304. The minimum Gasteiger partial charge on any atom is -0.329 e. The maximum absolute atomic E-state index is 5.42. The summed E-state index contributed by atoms with van der Waals surface area (Å²) in [6, 6.07) is 16.4. The topological polar surface area (TPSA) is 75.5 Å². The lowest BCUT2D eigenvalue weighted by Gasteiger charge is -1.97. The third kappa shape index (κ3) is 8.64. The molecule has 0 unspecified atom stereocenters. The van der Waals surface area contributed by atoms with E-state index in [4.69, 9.17) is 5.73 Å².